The van der Waals surface area contributed by atoms with Crippen molar-refractivity contribution in [1.82, 2.24) is 20.0 Å². The second-order valence-corrected chi connectivity index (χ2v) is 5.78. The highest BCUT2D eigenvalue weighted by atomic mass is 15.3. The first-order valence-corrected chi connectivity index (χ1v) is 8.30. The van der Waals surface area contributed by atoms with Crippen LogP contribution in [0.25, 0.3) is 0 Å². The molecule has 1 aliphatic rings. The average Bonchev–Trinajstić information content (AvgIpc) is 2.97. The van der Waals surface area contributed by atoms with E-state index in [0.717, 1.165) is 32.7 Å². The number of aromatic nitrogens is 2. The van der Waals surface area contributed by atoms with Crippen LogP contribution in [0.3, 0.4) is 0 Å². The molecule has 4 heteroatoms. The molecule has 1 aromatic rings. The van der Waals surface area contributed by atoms with Crippen molar-refractivity contribution in [1.29, 1.82) is 0 Å². The van der Waals surface area contributed by atoms with Crippen LogP contribution in [-0.2, 0) is 6.54 Å². The monoisotopic (exact) mass is 278 g/mol. The maximum Gasteiger partial charge on any atom is 0.0762 e. The smallest absolute Gasteiger partial charge is 0.0762 e. The first kappa shape index (κ1) is 15.5. The summed E-state index contributed by atoms with van der Waals surface area (Å²) in [7, 11) is 0. The number of hydrogen-bond acceptors (Lipinski definition) is 3. The summed E-state index contributed by atoms with van der Waals surface area (Å²) in [5.74, 6) is 0. The molecule has 0 spiro atoms. The molecular formula is C16H30N4. The minimum absolute atomic E-state index is 0.646. The summed E-state index contributed by atoms with van der Waals surface area (Å²) in [5.41, 5.74) is 1.18. The lowest BCUT2D eigenvalue weighted by Crippen LogP contribution is -2.31. The fourth-order valence-corrected chi connectivity index (χ4v) is 3.01. The molecule has 0 bridgehead atoms. The van der Waals surface area contributed by atoms with Gasteiger partial charge in [-0.3, -0.25) is 4.68 Å². The SMILES string of the molecule is CCN(CC)CCNCc1ccn(C2CCCCC2)n1. The van der Waals surface area contributed by atoms with Gasteiger partial charge in [-0.2, -0.15) is 5.10 Å². The summed E-state index contributed by atoms with van der Waals surface area (Å²) < 4.78 is 2.20. The van der Waals surface area contributed by atoms with Crippen LogP contribution < -0.4 is 5.32 Å². The fraction of sp³-hybridized carbons (Fsp3) is 0.812. The van der Waals surface area contributed by atoms with Crippen LogP contribution in [0.4, 0.5) is 0 Å². The minimum atomic E-state index is 0.646. The number of rotatable bonds is 8. The first-order chi connectivity index (χ1) is 9.83. The van der Waals surface area contributed by atoms with Gasteiger partial charge in [0.2, 0.25) is 0 Å². The van der Waals surface area contributed by atoms with E-state index in [4.69, 9.17) is 5.10 Å². The van der Waals surface area contributed by atoms with Crippen LogP contribution in [0, 0.1) is 0 Å². The van der Waals surface area contributed by atoms with E-state index in [2.05, 4.69) is 41.0 Å². The standard InChI is InChI=1S/C16H30N4/c1-3-19(4-2)13-11-17-14-15-10-12-20(18-15)16-8-6-5-7-9-16/h10,12,16-17H,3-9,11,13-14H2,1-2H3. The zero-order valence-corrected chi connectivity index (χ0v) is 13.1. The van der Waals surface area contributed by atoms with E-state index in [1.807, 2.05) is 0 Å². The Kier molecular flexibility index (Phi) is 6.54. The second kappa shape index (κ2) is 8.42. The Labute approximate surface area is 123 Å². The Bertz CT molecular complexity index is 364. The maximum absolute atomic E-state index is 4.73. The molecule has 0 atom stereocenters. The molecule has 0 aliphatic heterocycles. The Morgan fingerprint density at radius 3 is 2.70 bits per heavy atom. The molecule has 1 aliphatic carbocycles. The van der Waals surface area contributed by atoms with Crippen LogP contribution in [-0.4, -0.2) is 40.9 Å². The van der Waals surface area contributed by atoms with Crippen LogP contribution in [0.2, 0.25) is 0 Å². The third-order valence-corrected chi connectivity index (χ3v) is 4.42. The van der Waals surface area contributed by atoms with E-state index >= 15 is 0 Å². The van der Waals surface area contributed by atoms with Gasteiger partial charge >= 0.3 is 0 Å². The van der Waals surface area contributed by atoms with Gasteiger partial charge in [0.1, 0.15) is 0 Å². The van der Waals surface area contributed by atoms with Gasteiger partial charge in [-0.15, -0.1) is 0 Å². The molecule has 1 aromatic heterocycles. The fourth-order valence-electron chi connectivity index (χ4n) is 3.01. The van der Waals surface area contributed by atoms with Crippen molar-refractivity contribution in [3.05, 3.63) is 18.0 Å². The highest BCUT2D eigenvalue weighted by Crippen LogP contribution is 2.27. The molecule has 1 heterocycles. The van der Waals surface area contributed by atoms with Crippen molar-refractivity contribution < 1.29 is 0 Å². The second-order valence-electron chi connectivity index (χ2n) is 5.78. The van der Waals surface area contributed by atoms with Crippen molar-refractivity contribution in [2.45, 2.75) is 58.5 Å². The average molecular weight is 278 g/mol. The highest BCUT2D eigenvalue weighted by molar-refractivity contribution is 4.99. The van der Waals surface area contributed by atoms with E-state index in [1.54, 1.807) is 0 Å². The van der Waals surface area contributed by atoms with Gasteiger partial charge in [0.05, 0.1) is 11.7 Å². The Balaban J connectivity index is 1.70. The van der Waals surface area contributed by atoms with E-state index in [-0.39, 0.29) is 0 Å². The molecule has 114 valence electrons. The number of likely N-dealkylation sites (N-methyl/N-ethyl adjacent to an activating group) is 1. The van der Waals surface area contributed by atoms with Gasteiger partial charge in [0.25, 0.3) is 0 Å². The lowest BCUT2D eigenvalue weighted by Gasteiger charge is -2.21. The molecule has 1 N–H and O–H groups in total. The summed E-state index contributed by atoms with van der Waals surface area (Å²) in [5, 5.41) is 8.23. The number of hydrogen-bond donors (Lipinski definition) is 1. The largest absolute Gasteiger partial charge is 0.310 e. The van der Waals surface area contributed by atoms with E-state index < -0.39 is 0 Å². The van der Waals surface area contributed by atoms with E-state index in [1.165, 1.54) is 37.8 Å². The van der Waals surface area contributed by atoms with Crippen molar-refractivity contribution in [2.75, 3.05) is 26.2 Å². The molecule has 20 heavy (non-hydrogen) atoms. The van der Waals surface area contributed by atoms with Gasteiger partial charge in [-0.1, -0.05) is 33.1 Å². The lowest BCUT2D eigenvalue weighted by molar-refractivity contribution is 0.301. The van der Waals surface area contributed by atoms with E-state index in [0.29, 0.717) is 6.04 Å². The molecule has 1 saturated carbocycles. The Morgan fingerprint density at radius 1 is 1.25 bits per heavy atom. The number of nitrogens with zero attached hydrogens (tertiary/aromatic N) is 3. The molecule has 0 unspecified atom stereocenters. The maximum atomic E-state index is 4.73. The first-order valence-electron chi connectivity index (χ1n) is 8.30. The van der Waals surface area contributed by atoms with Gasteiger partial charge in [-0.25, -0.2) is 0 Å². The van der Waals surface area contributed by atoms with E-state index in [9.17, 15) is 0 Å². The van der Waals surface area contributed by atoms with Gasteiger partial charge in [-0.05, 0) is 32.0 Å². The normalized spacial score (nSPS) is 16.9. The molecule has 0 radical (unpaired) electrons. The predicted octanol–water partition coefficient (Wildman–Crippen LogP) is 2.82. The zero-order chi connectivity index (χ0) is 14.2. The molecule has 0 aromatic carbocycles. The predicted molar refractivity (Wildman–Crippen MR) is 83.8 cm³/mol. The third kappa shape index (κ3) is 4.60. The summed E-state index contributed by atoms with van der Waals surface area (Å²) in [6.07, 6.45) is 8.89. The molecular weight excluding hydrogens is 248 g/mol. The van der Waals surface area contributed by atoms with Gasteiger partial charge in [0, 0.05) is 25.8 Å². The minimum Gasteiger partial charge on any atom is -0.310 e. The number of nitrogens with one attached hydrogen (secondary N) is 1. The third-order valence-electron chi connectivity index (χ3n) is 4.42. The summed E-state index contributed by atoms with van der Waals surface area (Å²) in [6, 6.07) is 2.81. The quantitative estimate of drug-likeness (QED) is 0.742. The van der Waals surface area contributed by atoms with Crippen LogP contribution in [0.15, 0.2) is 12.3 Å². The molecule has 4 nitrogen and oxygen atoms in total. The highest BCUT2D eigenvalue weighted by Gasteiger charge is 2.15. The summed E-state index contributed by atoms with van der Waals surface area (Å²) >= 11 is 0. The van der Waals surface area contributed by atoms with Crippen molar-refractivity contribution in [3.63, 3.8) is 0 Å². The summed E-state index contributed by atoms with van der Waals surface area (Å²) in [4.78, 5) is 2.44. The van der Waals surface area contributed by atoms with Crippen molar-refractivity contribution >= 4 is 0 Å². The molecule has 0 amide bonds. The van der Waals surface area contributed by atoms with Crippen molar-refractivity contribution in [2.24, 2.45) is 0 Å². The molecule has 1 fully saturated rings. The molecule has 2 rings (SSSR count). The van der Waals surface area contributed by atoms with Crippen LogP contribution >= 0.6 is 0 Å². The lowest BCUT2D eigenvalue weighted by atomic mass is 9.96. The summed E-state index contributed by atoms with van der Waals surface area (Å²) in [6.45, 7) is 9.75. The Hall–Kier alpha value is -0.870. The van der Waals surface area contributed by atoms with Crippen molar-refractivity contribution in [3.8, 4) is 0 Å². The zero-order valence-electron chi connectivity index (χ0n) is 13.1. The van der Waals surface area contributed by atoms with Gasteiger partial charge in [0.15, 0.2) is 0 Å². The van der Waals surface area contributed by atoms with Crippen LogP contribution in [0.5, 0.6) is 0 Å². The molecule has 0 saturated heterocycles. The van der Waals surface area contributed by atoms with Crippen LogP contribution in [0.1, 0.15) is 57.7 Å². The van der Waals surface area contributed by atoms with Gasteiger partial charge < -0.3 is 10.2 Å². The Morgan fingerprint density at radius 2 is 2.00 bits per heavy atom. The topological polar surface area (TPSA) is 33.1 Å².